The maximum absolute atomic E-state index is 13.0. The minimum Gasteiger partial charge on any atom is -0.457 e. The fraction of sp³-hybridized carbons (Fsp3) is 0.333. The lowest BCUT2D eigenvalue weighted by atomic mass is 9.82. The minimum atomic E-state index is -0.819. The van der Waals surface area contributed by atoms with Gasteiger partial charge in [-0.1, -0.05) is 47.0 Å². The number of carbonyl (C=O) groups is 2. The van der Waals surface area contributed by atoms with Gasteiger partial charge in [-0.2, -0.15) is 0 Å². The van der Waals surface area contributed by atoms with Crippen LogP contribution in [0, 0.1) is 17.7 Å². The molecule has 1 aliphatic rings. The van der Waals surface area contributed by atoms with Crippen molar-refractivity contribution in [3.05, 3.63) is 51.8 Å². The van der Waals surface area contributed by atoms with Crippen LogP contribution in [0.5, 0.6) is 0 Å². The van der Waals surface area contributed by atoms with Crippen molar-refractivity contribution in [3.8, 4) is 0 Å². The fourth-order valence-electron chi connectivity index (χ4n) is 2.60. The van der Waals surface area contributed by atoms with Gasteiger partial charge in [0.15, 0.2) is 0 Å². The van der Waals surface area contributed by atoms with Crippen LogP contribution in [0.3, 0.4) is 0 Å². The van der Waals surface area contributed by atoms with Crippen LogP contribution in [0.2, 0.25) is 0 Å². The Bertz CT molecular complexity index is 730. The van der Waals surface area contributed by atoms with Gasteiger partial charge in [0, 0.05) is 5.69 Å². The van der Waals surface area contributed by atoms with E-state index in [2.05, 4.69) is 5.32 Å². The summed E-state index contributed by atoms with van der Waals surface area (Å²) in [6, 6.07) is 5.39. The van der Waals surface area contributed by atoms with Gasteiger partial charge >= 0.3 is 5.97 Å². The van der Waals surface area contributed by atoms with Crippen molar-refractivity contribution in [2.75, 3.05) is 5.32 Å². The molecule has 26 heavy (non-hydrogen) atoms. The molecule has 8 heteroatoms. The second kappa shape index (κ2) is 9.40. The van der Waals surface area contributed by atoms with Crippen molar-refractivity contribution >= 4 is 52.4 Å². The van der Waals surface area contributed by atoms with Gasteiger partial charge in [0.1, 0.15) is 16.4 Å². The first-order valence-electron chi connectivity index (χ1n) is 7.92. The second-order valence-electron chi connectivity index (χ2n) is 5.84. The monoisotopic (exact) mass is 419 g/mol. The van der Waals surface area contributed by atoms with Crippen LogP contribution in [0.15, 0.2) is 45.9 Å². The number of halogens is 4. The topological polar surface area (TPSA) is 55.4 Å². The van der Waals surface area contributed by atoms with Crippen molar-refractivity contribution in [1.29, 1.82) is 0 Å². The summed E-state index contributed by atoms with van der Waals surface area (Å²) in [7, 11) is 0. The Kier molecular flexibility index (Phi) is 7.50. The molecule has 1 amide bonds. The number of benzene rings is 1. The lowest BCUT2D eigenvalue weighted by Crippen LogP contribution is -2.36. The summed E-state index contributed by atoms with van der Waals surface area (Å²) < 4.78 is 18.1. The zero-order valence-electron chi connectivity index (χ0n) is 13.8. The smallest absolute Gasteiger partial charge is 0.310 e. The maximum Gasteiger partial charge on any atom is 0.310 e. The van der Waals surface area contributed by atoms with E-state index in [4.69, 9.17) is 39.5 Å². The molecule has 1 aromatic carbocycles. The number of ether oxygens (including phenoxy) is 1. The van der Waals surface area contributed by atoms with Crippen LogP contribution in [0.1, 0.15) is 19.8 Å². The average molecular weight is 421 g/mol. The Morgan fingerprint density at radius 3 is 2.27 bits per heavy atom. The Morgan fingerprint density at radius 2 is 1.69 bits per heavy atom. The van der Waals surface area contributed by atoms with Crippen LogP contribution in [0.25, 0.3) is 0 Å². The van der Waals surface area contributed by atoms with Gasteiger partial charge in [-0.15, -0.1) is 0 Å². The Labute approximate surface area is 165 Å². The summed E-state index contributed by atoms with van der Waals surface area (Å²) in [5, 5.41) is 2.71. The molecular formula is C18H17Cl3FNO3. The molecule has 0 radical (unpaired) electrons. The highest BCUT2D eigenvalue weighted by molar-refractivity contribution is 6.59. The molecular weight excluding hydrogens is 404 g/mol. The first-order valence-corrected chi connectivity index (χ1v) is 9.05. The van der Waals surface area contributed by atoms with Gasteiger partial charge in [-0.05, 0) is 44.0 Å². The second-order valence-corrected chi connectivity index (χ2v) is 7.20. The number of hydrogen-bond acceptors (Lipinski definition) is 3. The summed E-state index contributed by atoms with van der Waals surface area (Å²) in [5.74, 6) is -2.58. The molecule has 0 heterocycles. The zero-order valence-corrected chi connectivity index (χ0v) is 16.1. The molecule has 0 aromatic heterocycles. The molecule has 0 fully saturated rings. The average Bonchev–Trinajstić information content (AvgIpc) is 2.62. The SMILES string of the molecule is C[C@H](OC(=O)[C@H]1CC=CC[C@@H]1C(=O)Nc1ccc(F)cc1)C(Cl)=C(Cl)Cl. The highest BCUT2D eigenvalue weighted by Gasteiger charge is 2.36. The first kappa shape index (κ1) is 20.7. The lowest BCUT2D eigenvalue weighted by Gasteiger charge is -2.27. The molecule has 0 spiro atoms. The normalized spacial score (nSPS) is 20.2. The van der Waals surface area contributed by atoms with E-state index in [1.165, 1.54) is 31.2 Å². The minimum absolute atomic E-state index is 0.0142. The Morgan fingerprint density at radius 1 is 1.12 bits per heavy atom. The van der Waals surface area contributed by atoms with E-state index in [0.29, 0.717) is 18.5 Å². The molecule has 0 bridgehead atoms. The third-order valence-corrected chi connectivity index (χ3v) is 5.11. The summed E-state index contributed by atoms with van der Waals surface area (Å²) in [5.41, 5.74) is 0.450. The van der Waals surface area contributed by atoms with Crippen molar-refractivity contribution in [3.63, 3.8) is 0 Å². The fourth-order valence-corrected chi connectivity index (χ4v) is 2.95. The lowest BCUT2D eigenvalue weighted by molar-refractivity contribution is -0.155. The number of hydrogen-bond donors (Lipinski definition) is 1. The zero-order chi connectivity index (χ0) is 19.3. The van der Waals surface area contributed by atoms with Crippen molar-refractivity contribution in [1.82, 2.24) is 0 Å². The molecule has 140 valence electrons. The molecule has 2 rings (SSSR count). The maximum atomic E-state index is 13.0. The van der Waals surface area contributed by atoms with E-state index in [9.17, 15) is 14.0 Å². The summed E-state index contributed by atoms with van der Waals surface area (Å²) >= 11 is 17.1. The quantitative estimate of drug-likeness (QED) is 0.528. The predicted molar refractivity (Wildman–Crippen MR) is 101 cm³/mol. The largest absolute Gasteiger partial charge is 0.457 e. The van der Waals surface area contributed by atoms with E-state index in [-0.39, 0.29) is 15.4 Å². The summed E-state index contributed by atoms with van der Waals surface area (Å²) in [6.45, 7) is 1.54. The third-order valence-electron chi connectivity index (χ3n) is 4.01. The van der Waals surface area contributed by atoms with Gasteiger partial charge in [0.05, 0.1) is 16.9 Å². The van der Waals surface area contributed by atoms with E-state index in [1.807, 2.05) is 12.2 Å². The molecule has 1 N–H and O–H groups in total. The van der Waals surface area contributed by atoms with Crippen LogP contribution < -0.4 is 5.32 Å². The van der Waals surface area contributed by atoms with Crippen LogP contribution in [-0.4, -0.2) is 18.0 Å². The van der Waals surface area contributed by atoms with Gasteiger partial charge < -0.3 is 10.1 Å². The van der Waals surface area contributed by atoms with Crippen LogP contribution in [0.4, 0.5) is 10.1 Å². The van der Waals surface area contributed by atoms with E-state index < -0.39 is 29.7 Å². The van der Waals surface area contributed by atoms with Gasteiger partial charge in [-0.25, -0.2) is 4.39 Å². The number of amides is 1. The van der Waals surface area contributed by atoms with Crippen molar-refractivity contribution in [2.24, 2.45) is 11.8 Å². The van der Waals surface area contributed by atoms with E-state index in [0.717, 1.165) is 0 Å². The highest BCUT2D eigenvalue weighted by atomic mass is 35.5. The van der Waals surface area contributed by atoms with Gasteiger partial charge in [0.25, 0.3) is 0 Å². The number of allylic oxidation sites excluding steroid dienone is 2. The molecule has 0 unspecified atom stereocenters. The van der Waals surface area contributed by atoms with Crippen LogP contribution >= 0.6 is 34.8 Å². The standard InChI is InChI=1S/C18H17Cl3FNO3/c1-10(15(19)16(20)21)26-18(25)14-5-3-2-4-13(14)17(24)23-12-8-6-11(22)7-9-12/h2-3,6-10,13-14H,4-5H2,1H3,(H,23,24)/t10-,13-,14-/m0/s1. The van der Waals surface area contributed by atoms with Crippen molar-refractivity contribution in [2.45, 2.75) is 25.9 Å². The number of rotatable bonds is 5. The Balaban J connectivity index is 2.07. The molecule has 4 nitrogen and oxygen atoms in total. The number of anilines is 1. The predicted octanol–water partition coefficient (Wildman–Crippen LogP) is 5.16. The summed E-state index contributed by atoms with van der Waals surface area (Å²) in [4.78, 5) is 25.1. The molecule has 3 atom stereocenters. The number of nitrogens with one attached hydrogen (secondary N) is 1. The first-order chi connectivity index (χ1) is 12.3. The third kappa shape index (κ3) is 5.47. The molecule has 0 saturated heterocycles. The van der Waals surface area contributed by atoms with Gasteiger partial charge in [-0.3, -0.25) is 9.59 Å². The van der Waals surface area contributed by atoms with E-state index in [1.54, 1.807) is 0 Å². The number of carbonyl (C=O) groups excluding carboxylic acids is 2. The number of esters is 1. The molecule has 0 saturated carbocycles. The highest BCUT2D eigenvalue weighted by Crippen LogP contribution is 2.30. The molecule has 1 aromatic rings. The Hall–Kier alpha value is -1.56. The molecule has 0 aliphatic heterocycles. The van der Waals surface area contributed by atoms with Crippen LogP contribution in [-0.2, 0) is 14.3 Å². The van der Waals surface area contributed by atoms with E-state index >= 15 is 0 Å². The van der Waals surface area contributed by atoms with Crippen molar-refractivity contribution < 1.29 is 18.7 Å². The van der Waals surface area contributed by atoms with Gasteiger partial charge in [0.2, 0.25) is 5.91 Å². The molecule has 1 aliphatic carbocycles. The summed E-state index contributed by atoms with van der Waals surface area (Å²) in [6.07, 6.45) is 3.60.